The van der Waals surface area contributed by atoms with Crippen LogP contribution in [0.1, 0.15) is 23.0 Å². The van der Waals surface area contributed by atoms with Crippen molar-refractivity contribution in [3.8, 4) is 0 Å². The van der Waals surface area contributed by atoms with Crippen LogP contribution in [0, 0.1) is 0 Å². The van der Waals surface area contributed by atoms with Gasteiger partial charge < -0.3 is 9.32 Å². The van der Waals surface area contributed by atoms with Gasteiger partial charge in [-0.2, -0.15) is 0 Å². The quantitative estimate of drug-likeness (QED) is 0.770. The molecule has 0 aliphatic heterocycles. The van der Waals surface area contributed by atoms with Crippen LogP contribution in [-0.2, 0) is 6.54 Å². The third-order valence-corrected chi connectivity index (χ3v) is 3.00. The van der Waals surface area contributed by atoms with Gasteiger partial charge in [-0.05, 0) is 37.3 Å². The summed E-state index contributed by atoms with van der Waals surface area (Å²) in [5, 5.41) is 0.619. The van der Waals surface area contributed by atoms with Gasteiger partial charge in [0.25, 0.3) is 0 Å². The molecule has 0 fully saturated rings. The van der Waals surface area contributed by atoms with E-state index >= 15 is 0 Å². The van der Waals surface area contributed by atoms with Crippen LogP contribution in [0.5, 0.6) is 0 Å². The third kappa shape index (κ3) is 2.74. The second kappa shape index (κ2) is 5.74. The third-order valence-electron chi connectivity index (χ3n) is 2.77. The predicted octanol–water partition coefficient (Wildman–Crippen LogP) is 3.77. The Morgan fingerprint density at radius 3 is 2.83 bits per heavy atom. The molecule has 18 heavy (non-hydrogen) atoms. The molecule has 0 spiro atoms. The van der Waals surface area contributed by atoms with Crippen LogP contribution in [0.25, 0.3) is 0 Å². The van der Waals surface area contributed by atoms with E-state index in [2.05, 4.69) is 4.90 Å². The summed E-state index contributed by atoms with van der Waals surface area (Å²) in [5.74, 6) is 0.855. The summed E-state index contributed by atoms with van der Waals surface area (Å²) in [6.07, 6.45) is 2.48. The number of furan rings is 1. The summed E-state index contributed by atoms with van der Waals surface area (Å²) < 4.78 is 5.33. The second-order valence-electron chi connectivity index (χ2n) is 3.91. The summed E-state index contributed by atoms with van der Waals surface area (Å²) >= 11 is 5.99. The fourth-order valence-electron chi connectivity index (χ4n) is 1.85. The maximum absolute atomic E-state index is 11.1. The van der Waals surface area contributed by atoms with Gasteiger partial charge in [0.2, 0.25) is 0 Å². The standard InChI is InChI=1S/C14H14ClNO2/c1-2-16(9-13-4-3-7-18-13)14-8-12(15)6-5-11(14)10-17/h3-8,10H,2,9H2,1H3. The molecule has 0 radical (unpaired) electrons. The number of nitrogens with zero attached hydrogens (tertiary/aromatic N) is 1. The minimum absolute atomic E-state index is 0.616. The van der Waals surface area contributed by atoms with Gasteiger partial charge in [-0.15, -0.1) is 0 Å². The Hall–Kier alpha value is -1.74. The van der Waals surface area contributed by atoms with E-state index in [1.165, 1.54) is 0 Å². The van der Waals surface area contributed by atoms with Crippen LogP contribution in [0.4, 0.5) is 5.69 Å². The second-order valence-corrected chi connectivity index (χ2v) is 4.35. The predicted molar refractivity (Wildman–Crippen MR) is 72.3 cm³/mol. The van der Waals surface area contributed by atoms with Crippen molar-refractivity contribution < 1.29 is 9.21 Å². The molecule has 0 unspecified atom stereocenters. The van der Waals surface area contributed by atoms with Gasteiger partial charge >= 0.3 is 0 Å². The molecule has 0 atom stereocenters. The lowest BCUT2D eigenvalue weighted by Crippen LogP contribution is -2.23. The Labute approximate surface area is 111 Å². The lowest BCUT2D eigenvalue weighted by atomic mass is 10.1. The van der Waals surface area contributed by atoms with Crippen molar-refractivity contribution in [3.05, 3.63) is 52.9 Å². The minimum Gasteiger partial charge on any atom is -0.467 e. The molecular formula is C14H14ClNO2. The first-order chi connectivity index (χ1) is 8.74. The highest BCUT2D eigenvalue weighted by Crippen LogP contribution is 2.25. The smallest absolute Gasteiger partial charge is 0.152 e. The summed E-state index contributed by atoms with van der Waals surface area (Å²) in [7, 11) is 0. The van der Waals surface area contributed by atoms with Gasteiger partial charge in [-0.25, -0.2) is 0 Å². The summed E-state index contributed by atoms with van der Waals surface area (Å²) in [6.45, 7) is 3.41. The van der Waals surface area contributed by atoms with E-state index in [9.17, 15) is 4.79 Å². The molecule has 1 aromatic carbocycles. The van der Waals surface area contributed by atoms with E-state index in [1.54, 1.807) is 24.5 Å². The summed E-state index contributed by atoms with van der Waals surface area (Å²) in [5.41, 5.74) is 1.46. The molecule has 3 nitrogen and oxygen atoms in total. The first kappa shape index (κ1) is 12.7. The molecule has 0 saturated heterocycles. The highest BCUT2D eigenvalue weighted by atomic mass is 35.5. The lowest BCUT2D eigenvalue weighted by Gasteiger charge is -2.23. The van der Waals surface area contributed by atoms with Crippen molar-refractivity contribution in [3.63, 3.8) is 0 Å². The zero-order chi connectivity index (χ0) is 13.0. The van der Waals surface area contributed by atoms with Crippen molar-refractivity contribution in [2.45, 2.75) is 13.5 Å². The molecule has 0 bridgehead atoms. The van der Waals surface area contributed by atoms with Gasteiger partial charge in [0.15, 0.2) is 6.29 Å². The van der Waals surface area contributed by atoms with Gasteiger partial charge in [-0.1, -0.05) is 11.6 Å². The van der Waals surface area contributed by atoms with Gasteiger partial charge in [0.05, 0.1) is 12.8 Å². The molecular weight excluding hydrogens is 250 g/mol. The van der Waals surface area contributed by atoms with E-state index < -0.39 is 0 Å². The molecule has 94 valence electrons. The molecule has 1 heterocycles. The van der Waals surface area contributed by atoms with E-state index in [0.29, 0.717) is 17.1 Å². The normalized spacial score (nSPS) is 10.3. The Morgan fingerprint density at radius 1 is 1.39 bits per heavy atom. The number of halogens is 1. The number of hydrogen-bond acceptors (Lipinski definition) is 3. The number of aldehydes is 1. The van der Waals surface area contributed by atoms with Crippen LogP contribution >= 0.6 is 11.6 Å². The first-order valence-electron chi connectivity index (χ1n) is 5.76. The number of benzene rings is 1. The Bertz CT molecular complexity index is 523. The van der Waals surface area contributed by atoms with E-state index in [-0.39, 0.29) is 0 Å². The van der Waals surface area contributed by atoms with Crippen molar-refractivity contribution in [2.75, 3.05) is 11.4 Å². The maximum atomic E-state index is 11.1. The monoisotopic (exact) mass is 263 g/mol. The first-order valence-corrected chi connectivity index (χ1v) is 6.14. The van der Waals surface area contributed by atoms with E-state index in [1.807, 2.05) is 19.1 Å². The number of carbonyl (C=O) groups excluding carboxylic acids is 1. The van der Waals surface area contributed by atoms with Crippen LogP contribution < -0.4 is 4.90 Å². The number of hydrogen-bond donors (Lipinski definition) is 0. The van der Waals surface area contributed by atoms with Crippen LogP contribution in [0.15, 0.2) is 41.0 Å². The largest absolute Gasteiger partial charge is 0.467 e. The Morgan fingerprint density at radius 2 is 2.22 bits per heavy atom. The van der Waals surface area contributed by atoms with Crippen molar-refractivity contribution in [1.82, 2.24) is 0 Å². The fourth-order valence-corrected chi connectivity index (χ4v) is 2.01. The topological polar surface area (TPSA) is 33.5 Å². The summed E-state index contributed by atoms with van der Waals surface area (Å²) in [6, 6.07) is 9.01. The van der Waals surface area contributed by atoms with E-state index in [4.69, 9.17) is 16.0 Å². The molecule has 0 amide bonds. The molecule has 0 aliphatic rings. The molecule has 0 aliphatic carbocycles. The highest BCUT2D eigenvalue weighted by molar-refractivity contribution is 6.31. The zero-order valence-corrected chi connectivity index (χ0v) is 10.9. The molecule has 4 heteroatoms. The van der Waals surface area contributed by atoms with Gasteiger partial charge in [0.1, 0.15) is 5.76 Å². The Balaban J connectivity index is 2.31. The lowest BCUT2D eigenvalue weighted by molar-refractivity contribution is 0.112. The van der Waals surface area contributed by atoms with Gasteiger partial charge in [-0.3, -0.25) is 4.79 Å². The average Bonchev–Trinajstić information content (AvgIpc) is 2.88. The maximum Gasteiger partial charge on any atom is 0.152 e. The Kier molecular flexibility index (Phi) is 4.05. The average molecular weight is 264 g/mol. The van der Waals surface area contributed by atoms with Crippen molar-refractivity contribution in [2.24, 2.45) is 0 Å². The summed E-state index contributed by atoms with van der Waals surface area (Å²) in [4.78, 5) is 13.1. The zero-order valence-electron chi connectivity index (χ0n) is 10.1. The molecule has 1 aromatic heterocycles. The molecule has 2 aromatic rings. The number of anilines is 1. The fraction of sp³-hybridized carbons (Fsp3) is 0.214. The molecule has 0 saturated carbocycles. The van der Waals surface area contributed by atoms with Crippen LogP contribution in [-0.4, -0.2) is 12.8 Å². The van der Waals surface area contributed by atoms with Gasteiger partial charge in [0, 0.05) is 22.8 Å². The highest BCUT2D eigenvalue weighted by Gasteiger charge is 2.12. The molecule has 2 rings (SSSR count). The number of carbonyl (C=O) groups is 1. The van der Waals surface area contributed by atoms with Crippen LogP contribution in [0.2, 0.25) is 5.02 Å². The molecule has 0 N–H and O–H groups in total. The minimum atomic E-state index is 0.616. The number of rotatable bonds is 5. The van der Waals surface area contributed by atoms with Crippen molar-refractivity contribution >= 4 is 23.6 Å². The van der Waals surface area contributed by atoms with Crippen LogP contribution in [0.3, 0.4) is 0 Å². The van der Waals surface area contributed by atoms with Crippen molar-refractivity contribution in [1.29, 1.82) is 0 Å². The van der Waals surface area contributed by atoms with E-state index in [0.717, 1.165) is 24.3 Å². The SMILES string of the molecule is CCN(Cc1ccco1)c1cc(Cl)ccc1C=O.